The van der Waals surface area contributed by atoms with Gasteiger partial charge in [-0.1, -0.05) is 24.3 Å². The fourth-order valence-electron chi connectivity index (χ4n) is 2.66. The fraction of sp³-hybridized carbons (Fsp3) is 0.167. The van der Waals surface area contributed by atoms with Gasteiger partial charge in [-0.05, 0) is 47.2 Å². The van der Waals surface area contributed by atoms with E-state index < -0.39 is 0 Å². The molecule has 0 spiro atoms. The summed E-state index contributed by atoms with van der Waals surface area (Å²) >= 11 is 0. The summed E-state index contributed by atoms with van der Waals surface area (Å²) < 4.78 is 7.25. The highest BCUT2D eigenvalue weighted by atomic mass is 16.3. The van der Waals surface area contributed by atoms with Crippen LogP contribution in [0.1, 0.15) is 24.4 Å². The minimum atomic E-state index is -0.310. The van der Waals surface area contributed by atoms with Crippen molar-refractivity contribution >= 4 is 17.0 Å². The molecule has 2 aromatic carbocycles. The number of rotatable bonds is 5. The first kappa shape index (κ1) is 15.9. The van der Waals surface area contributed by atoms with Crippen LogP contribution in [-0.4, -0.2) is 31.1 Å². The summed E-state index contributed by atoms with van der Waals surface area (Å²) in [5.74, 6) is 0.392. The van der Waals surface area contributed by atoms with Crippen molar-refractivity contribution in [2.45, 2.75) is 19.4 Å². The third-order valence-electron chi connectivity index (χ3n) is 3.97. The molecule has 1 N–H and O–H groups in total. The molecule has 0 fully saturated rings. The lowest BCUT2D eigenvalue weighted by Gasteiger charge is -2.10. The standard InChI is InChI=1S/C18H16N6O2/c1-12(18-21-15-4-2-3-5-16(15)26-18)20-17(25)10-13-6-8-14(9-7-13)24-11-19-22-23-24/h2-9,11-12H,10H2,1H3,(H,20,25). The average molecular weight is 348 g/mol. The maximum atomic E-state index is 12.3. The second-order valence-corrected chi connectivity index (χ2v) is 5.91. The van der Waals surface area contributed by atoms with E-state index in [1.807, 2.05) is 55.5 Å². The number of aromatic nitrogens is 5. The van der Waals surface area contributed by atoms with Crippen molar-refractivity contribution in [2.75, 3.05) is 0 Å². The number of oxazole rings is 1. The molecule has 0 aliphatic rings. The molecule has 4 rings (SSSR count). The van der Waals surface area contributed by atoms with Gasteiger partial charge in [0.25, 0.3) is 0 Å². The van der Waals surface area contributed by atoms with Crippen LogP contribution in [0.2, 0.25) is 0 Å². The molecule has 0 aliphatic carbocycles. The lowest BCUT2D eigenvalue weighted by Crippen LogP contribution is -2.28. The molecule has 1 amide bonds. The Labute approximate surface area is 148 Å². The molecular formula is C18H16N6O2. The van der Waals surface area contributed by atoms with E-state index in [1.54, 1.807) is 4.68 Å². The lowest BCUT2D eigenvalue weighted by molar-refractivity contribution is -0.121. The van der Waals surface area contributed by atoms with Crippen LogP contribution in [0.25, 0.3) is 16.8 Å². The van der Waals surface area contributed by atoms with Crippen LogP contribution in [0.3, 0.4) is 0 Å². The molecular weight excluding hydrogens is 332 g/mol. The highest BCUT2D eigenvalue weighted by Gasteiger charge is 2.16. The number of amides is 1. The van der Waals surface area contributed by atoms with E-state index in [0.29, 0.717) is 11.5 Å². The van der Waals surface area contributed by atoms with Gasteiger partial charge in [0, 0.05) is 0 Å². The van der Waals surface area contributed by atoms with Crippen molar-refractivity contribution in [1.82, 2.24) is 30.5 Å². The zero-order valence-electron chi connectivity index (χ0n) is 14.0. The minimum Gasteiger partial charge on any atom is -0.438 e. The maximum Gasteiger partial charge on any atom is 0.225 e. The van der Waals surface area contributed by atoms with Crippen LogP contribution in [-0.2, 0) is 11.2 Å². The number of nitrogens with zero attached hydrogens (tertiary/aromatic N) is 5. The molecule has 2 heterocycles. The van der Waals surface area contributed by atoms with E-state index in [1.165, 1.54) is 6.33 Å². The molecule has 1 atom stereocenters. The van der Waals surface area contributed by atoms with Crippen LogP contribution < -0.4 is 5.32 Å². The summed E-state index contributed by atoms with van der Waals surface area (Å²) in [4.78, 5) is 16.7. The first-order valence-electron chi connectivity index (χ1n) is 8.16. The van der Waals surface area contributed by atoms with Gasteiger partial charge in [0.15, 0.2) is 5.58 Å². The second-order valence-electron chi connectivity index (χ2n) is 5.91. The number of carbonyl (C=O) groups is 1. The van der Waals surface area contributed by atoms with Gasteiger partial charge in [-0.25, -0.2) is 9.67 Å². The van der Waals surface area contributed by atoms with E-state index in [2.05, 4.69) is 25.8 Å². The van der Waals surface area contributed by atoms with E-state index >= 15 is 0 Å². The number of hydrogen-bond acceptors (Lipinski definition) is 6. The Kier molecular flexibility index (Phi) is 4.14. The van der Waals surface area contributed by atoms with Crippen LogP contribution in [0.15, 0.2) is 59.3 Å². The Morgan fingerprint density at radius 2 is 2.00 bits per heavy atom. The fourth-order valence-corrected chi connectivity index (χ4v) is 2.66. The highest BCUT2D eigenvalue weighted by Crippen LogP contribution is 2.19. The second kappa shape index (κ2) is 6.75. The number of tetrazole rings is 1. The number of carbonyl (C=O) groups excluding carboxylic acids is 1. The lowest BCUT2D eigenvalue weighted by atomic mass is 10.1. The van der Waals surface area contributed by atoms with Gasteiger partial charge in [0.2, 0.25) is 11.8 Å². The first-order valence-corrected chi connectivity index (χ1v) is 8.16. The van der Waals surface area contributed by atoms with Gasteiger partial charge in [-0.2, -0.15) is 0 Å². The van der Waals surface area contributed by atoms with Crippen molar-refractivity contribution in [3.05, 3.63) is 66.3 Å². The van der Waals surface area contributed by atoms with Gasteiger partial charge >= 0.3 is 0 Å². The minimum absolute atomic E-state index is 0.102. The largest absolute Gasteiger partial charge is 0.438 e. The number of para-hydroxylation sites is 2. The Morgan fingerprint density at radius 3 is 2.73 bits per heavy atom. The molecule has 8 heteroatoms. The topological polar surface area (TPSA) is 98.7 Å². The SMILES string of the molecule is CC(NC(=O)Cc1ccc(-n2cnnn2)cc1)c1nc2ccccc2o1. The summed E-state index contributed by atoms with van der Waals surface area (Å²) in [7, 11) is 0. The monoisotopic (exact) mass is 348 g/mol. The van der Waals surface area contributed by atoms with Crippen LogP contribution in [0.5, 0.6) is 0 Å². The normalized spacial score (nSPS) is 12.2. The smallest absolute Gasteiger partial charge is 0.225 e. The van der Waals surface area contributed by atoms with Gasteiger partial charge in [0.05, 0.1) is 12.1 Å². The average Bonchev–Trinajstić information content (AvgIpc) is 3.32. The van der Waals surface area contributed by atoms with Crippen LogP contribution in [0, 0.1) is 0 Å². The van der Waals surface area contributed by atoms with Gasteiger partial charge in [0.1, 0.15) is 17.9 Å². The predicted molar refractivity (Wildman–Crippen MR) is 93.4 cm³/mol. The zero-order chi connectivity index (χ0) is 17.9. The molecule has 0 radical (unpaired) electrons. The van der Waals surface area contributed by atoms with Gasteiger partial charge < -0.3 is 9.73 Å². The summed E-state index contributed by atoms with van der Waals surface area (Å²) in [5, 5.41) is 13.9. The van der Waals surface area contributed by atoms with Crippen molar-refractivity contribution in [2.24, 2.45) is 0 Å². The van der Waals surface area contributed by atoms with Crippen molar-refractivity contribution in [3.63, 3.8) is 0 Å². The molecule has 0 aliphatic heterocycles. The zero-order valence-corrected chi connectivity index (χ0v) is 14.0. The number of hydrogen-bond donors (Lipinski definition) is 1. The Bertz CT molecular complexity index is 990. The molecule has 0 bridgehead atoms. The third-order valence-corrected chi connectivity index (χ3v) is 3.97. The first-order chi connectivity index (χ1) is 12.7. The molecule has 0 saturated carbocycles. The molecule has 1 unspecified atom stereocenters. The summed E-state index contributed by atoms with van der Waals surface area (Å²) in [5.41, 5.74) is 3.21. The summed E-state index contributed by atoms with van der Waals surface area (Å²) in [6.45, 7) is 1.85. The third kappa shape index (κ3) is 3.30. The molecule has 4 aromatic rings. The van der Waals surface area contributed by atoms with E-state index in [9.17, 15) is 4.79 Å². The molecule has 26 heavy (non-hydrogen) atoms. The van der Waals surface area contributed by atoms with Crippen molar-refractivity contribution in [3.8, 4) is 5.69 Å². The van der Waals surface area contributed by atoms with E-state index in [0.717, 1.165) is 16.8 Å². The highest BCUT2D eigenvalue weighted by molar-refractivity contribution is 5.79. The van der Waals surface area contributed by atoms with Crippen LogP contribution >= 0.6 is 0 Å². The Balaban J connectivity index is 1.40. The quantitative estimate of drug-likeness (QED) is 0.594. The van der Waals surface area contributed by atoms with Crippen molar-refractivity contribution in [1.29, 1.82) is 0 Å². The van der Waals surface area contributed by atoms with Crippen LogP contribution in [0.4, 0.5) is 0 Å². The maximum absolute atomic E-state index is 12.3. The molecule has 8 nitrogen and oxygen atoms in total. The predicted octanol–water partition coefficient (Wildman–Crippen LogP) is 2.22. The molecule has 130 valence electrons. The van der Waals surface area contributed by atoms with Crippen molar-refractivity contribution < 1.29 is 9.21 Å². The summed E-state index contributed by atoms with van der Waals surface area (Å²) in [6.07, 6.45) is 1.78. The van der Waals surface area contributed by atoms with Gasteiger partial charge in [-0.15, -0.1) is 5.10 Å². The Morgan fingerprint density at radius 1 is 1.19 bits per heavy atom. The Hall–Kier alpha value is -3.55. The number of fused-ring (bicyclic) bond motifs is 1. The van der Waals surface area contributed by atoms with Gasteiger partial charge in [-0.3, -0.25) is 4.79 Å². The molecule has 2 aromatic heterocycles. The number of benzene rings is 2. The van der Waals surface area contributed by atoms with E-state index in [4.69, 9.17) is 4.42 Å². The van der Waals surface area contributed by atoms with E-state index in [-0.39, 0.29) is 18.4 Å². The summed E-state index contributed by atoms with van der Waals surface area (Å²) in [6, 6.07) is 14.7. The number of nitrogens with one attached hydrogen (secondary N) is 1. The molecule has 0 saturated heterocycles.